The molecule has 0 aliphatic carbocycles. The fourth-order valence-electron chi connectivity index (χ4n) is 3.90. The normalized spacial score (nSPS) is 15.0. The van der Waals surface area contributed by atoms with E-state index in [4.69, 9.17) is 9.40 Å². The maximum absolute atomic E-state index is 14.4. The number of hydrogen-bond donors (Lipinski definition) is 1. The number of hydrogen-bond acceptors (Lipinski definition) is 4. The lowest BCUT2D eigenvalue weighted by atomic mass is 10.1. The molecule has 5 nitrogen and oxygen atoms in total. The molecule has 4 aromatic rings. The van der Waals surface area contributed by atoms with E-state index in [0.29, 0.717) is 29.2 Å². The third-order valence-electron chi connectivity index (χ3n) is 5.45. The van der Waals surface area contributed by atoms with Crippen molar-refractivity contribution < 1.29 is 18.2 Å². The van der Waals surface area contributed by atoms with Crippen molar-refractivity contribution >= 4 is 11.7 Å². The predicted octanol–water partition coefficient (Wildman–Crippen LogP) is 4.34. The Balaban J connectivity index is 1.56. The summed E-state index contributed by atoms with van der Waals surface area (Å²) in [4.78, 5) is 18.0. The summed E-state index contributed by atoms with van der Waals surface area (Å²) in [6, 6.07) is 19.6. The summed E-state index contributed by atoms with van der Waals surface area (Å²) in [5.74, 6) is 1.77. The molecular weight excluding hydrogens is 393 g/mol. The van der Waals surface area contributed by atoms with Crippen LogP contribution in [0.1, 0.15) is 27.6 Å². The van der Waals surface area contributed by atoms with Gasteiger partial charge in [0, 0.05) is 12.0 Å². The van der Waals surface area contributed by atoms with Gasteiger partial charge in [-0.1, -0.05) is 48.5 Å². The predicted molar refractivity (Wildman–Crippen MR) is 114 cm³/mol. The molecule has 31 heavy (non-hydrogen) atoms. The highest BCUT2D eigenvalue weighted by Crippen LogP contribution is 2.25. The van der Waals surface area contributed by atoms with E-state index in [2.05, 4.69) is 5.32 Å². The molecule has 0 bridgehead atoms. The number of fused-ring (bicyclic) bond motifs is 1. The van der Waals surface area contributed by atoms with Crippen molar-refractivity contribution in [1.82, 2.24) is 4.98 Å². The van der Waals surface area contributed by atoms with Gasteiger partial charge in [-0.3, -0.25) is 5.32 Å². The highest BCUT2D eigenvalue weighted by molar-refractivity contribution is 5.82. The number of aromatic nitrogens is 2. The summed E-state index contributed by atoms with van der Waals surface area (Å²) < 4.78 is 21.6. The van der Waals surface area contributed by atoms with E-state index in [9.17, 15) is 9.18 Å². The quantitative estimate of drug-likeness (QED) is 0.494. The first-order valence-electron chi connectivity index (χ1n) is 10.2. The summed E-state index contributed by atoms with van der Waals surface area (Å²) in [5.41, 5.74) is 2.71. The Morgan fingerprint density at radius 1 is 1.06 bits per heavy atom. The smallest absolute Gasteiger partial charge is 0.359 e. The number of aryl methyl sites for hydroxylation is 1. The zero-order valence-corrected chi connectivity index (χ0v) is 17.0. The monoisotopic (exact) mass is 414 g/mol. The third kappa shape index (κ3) is 3.72. The number of nitrogens with zero attached hydrogens (tertiary/aromatic N) is 2. The molecule has 0 saturated heterocycles. The van der Waals surface area contributed by atoms with Crippen LogP contribution in [0.15, 0.2) is 77.3 Å². The van der Waals surface area contributed by atoms with E-state index < -0.39 is 6.04 Å². The zero-order chi connectivity index (χ0) is 21.4. The third-order valence-corrected chi connectivity index (χ3v) is 5.45. The summed E-state index contributed by atoms with van der Waals surface area (Å²) in [6.07, 6.45) is 2.45. The molecule has 2 aromatic carbocycles. The highest BCUT2D eigenvalue weighted by Gasteiger charge is 2.41. The molecule has 6 heteroatoms. The topological polar surface area (TPSA) is 59.0 Å². The van der Waals surface area contributed by atoms with Gasteiger partial charge in [0.1, 0.15) is 34.9 Å². The van der Waals surface area contributed by atoms with Gasteiger partial charge in [-0.15, -0.1) is 0 Å². The van der Waals surface area contributed by atoms with Crippen molar-refractivity contribution in [3.63, 3.8) is 0 Å². The number of halogens is 1. The fraction of sp³-hybridized carbons (Fsp3) is 0.160. The molecule has 0 spiro atoms. The van der Waals surface area contributed by atoms with Crippen LogP contribution in [0.2, 0.25) is 0 Å². The average Bonchev–Trinajstić information content (AvgIpc) is 3.33. The second-order valence-electron chi connectivity index (χ2n) is 7.68. The Morgan fingerprint density at radius 2 is 1.84 bits per heavy atom. The van der Waals surface area contributed by atoms with Crippen molar-refractivity contribution in [2.45, 2.75) is 25.8 Å². The van der Waals surface area contributed by atoms with E-state index in [1.54, 1.807) is 29.0 Å². The molecule has 0 radical (unpaired) electrons. The molecule has 1 N–H and O–H groups in total. The number of furan rings is 1. The SMILES string of the molecule is Cc1ccc(CC2Nc3c(Cc4ccccc4F)nc(-c4ccccc4)c[n+]3C2=O)o1. The van der Waals surface area contributed by atoms with Crippen LogP contribution in [-0.2, 0) is 12.8 Å². The first kappa shape index (κ1) is 19.2. The van der Waals surface area contributed by atoms with E-state index in [0.717, 1.165) is 17.1 Å². The van der Waals surface area contributed by atoms with E-state index in [1.165, 1.54) is 6.07 Å². The van der Waals surface area contributed by atoms with Crippen LogP contribution in [0.25, 0.3) is 11.3 Å². The Bertz CT molecular complexity index is 1270. The van der Waals surface area contributed by atoms with Crippen LogP contribution >= 0.6 is 0 Å². The van der Waals surface area contributed by atoms with Crippen molar-refractivity contribution in [1.29, 1.82) is 0 Å². The second-order valence-corrected chi connectivity index (χ2v) is 7.68. The van der Waals surface area contributed by atoms with E-state index >= 15 is 0 Å². The van der Waals surface area contributed by atoms with Gasteiger partial charge in [-0.2, -0.15) is 4.57 Å². The molecule has 1 unspecified atom stereocenters. The molecule has 1 aliphatic rings. The van der Waals surface area contributed by atoms with Crippen LogP contribution in [0.4, 0.5) is 10.2 Å². The van der Waals surface area contributed by atoms with Gasteiger partial charge in [0.15, 0.2) is 0 Å². The van der Waals surface area contributed by atoms with Crippen molar-refractivity contribution in [3.05, 3.63) is 102 Å². The highest BCUT2D eigenvalue weighted by atomic mass is 19.1. The minimum Gasteiger partial charge on any atom is -0.466 e. The van der Waals surface area contributed by atoms with Crippen LogP contribution in [0.5, 0.6) is 0 Å². The molecule has 1 atom stereocenters. The molecule has 3 heterocycles. The molecule has 2 aromatic heterocycles. The van der Waals surface area contributed by atoms with Gasteiger partial charge in [0.25, 0.3) is 0 Å². The summed E-state index contributed by atoms with van der Waals surface area (Å²) in [6.45, 7) is 1.87. The summed E-state index contributed by atoms with van der Waals surface area (Å²) >= 11 is 0. The number of nitrogens with one attached hydrogen (secondary N) is 1. The number of anilines is 1. The van der Waals surface area contributed by atoms with E-state index in [-0.39, 0.29) is 18.1 Å². The number of rotatable bonds is 5. The Kier molecular flexibility index (Phi) is 4.82. The second kappa shape index (κ2) is 7.80. The molecule has 0 amide bonds. The fourth-order valence-corrected chi connectivity index (χ4v) is 3.90. The van der Waals surface area contributed by atoms with E-state index in [1.807, 2.05) is 49.4 Å². The lowest BCUT2D eigenvalue weighted by molar-refractivity contribution is -0.552. The molecule has 5 rings (SSSR count). The molecule has 1 aliphatic heterocycles. The number of benzene rings is 2. The largest absolute Gasteiger partial charge is 0.466 e. The van der Waals surface area contributed by atoms with Crippen LogP contribution in [-0.4, -0.2) is 16.9 Å². The first-order chi connectivity index (χ1) is 15.1. The van der Waals surface area contributed by atoms with Crippen molar-refractivity contribution in [2.75, 3.05) is 5.32 Å². The molecule has 0 fully saturated rings. The van der Waals surface area contributed by atoms with Gasteiger partial charge in [-0.25, -0.2) is 14.2 Å². The zero-order valence-electron chi connectivity index (χ0n) is 17.0. The van der Waals surface area contributed by atoms with Gasteiger partial charge in [0.05, 0.1) is 6.42 Å². The lowest BCUT2D eigenvalue weighted by Crippen LogP contribution is -2.44. The first-order valence-corrected chi connectivity index (χ1v) is 10.2. The van der Waals surface area contributed by atoms with Gasteiger partial charge in [0.2, 0.25) is 6.04 Å². The van der Waals surface area contributed by atoms with Gasteiger partial charge < -0.3 is 4.42 Å². The Hall–Kier alpha value is -3.80. The minimum absolute atomic E-state index is 0.0848. The Labute approximate surface area is 179 Å². The molecule has 154 valence electrons. The van der Waals surface area contributed by atoms with Gasteiger partial charge in [-0.05, 0) is 30.7 Å². The van der Waals surface area contributed by atoms with Crippen molar-refractivity contribution in [3.8, 4) is 11.3 Å². The maximum atomic E-state index is 14.4. The lowest BCUT2D eigenvalue weighted by Gasteiger charge is -2.07. The molecule has 0 saturated carbocycles. The maximum Gasteiger partial charge on any atom is 0.359 e. The number of carbonyl (C=O) groups excluding carboxylic acids is 1. The molecular formula is C25H21FN3O2+. The van der Waals surface area contributed by atoms with Crippen molar-refractivity contribution in [2.24, 2.45) is 0 Å². The summed E-state index contributed by atoms with van der Waals surface area (Å²) in [7, 11) is 0. The number of carbonyl (C=O) groups is 1. The Morgan fingerprint density at radius 3 is 2.58 bits per heavy atom. The summed E-state index contributed by atoms with van der Waals surface area (Å²) in [5, 5.41) is 3.30. The standard InChI is InChI=1S/C25H20FN3O2/c1-16-11-12-19(31-16)14-22-25(30)29-15-23(17-7-3-2-4-8-17)27-21(24(29)28-22)13-18-9-5-6-10-20(18)26/h2-12,15,22H,13-14H2,1H3/p+1. The minimum atomic E-state index is -0.474. The van der Waals surface area contributed by atoms with Crippen LogP contribution in [0, 0.1) is 12.7 Å². The average molecular weight is 414 g/mol. The van der Waals surface area contributed by atoms with Crippen LogP contribution < -0.4 is 9.88 Å². The van der Waals surface area contributed by atoms with Crippen LogP contribution in [0.3, 0.4) is 0 Å². The van der Waals surface area contributed by atoms with Gasteiger partial charge >= 0.3 is 11.7 Å².